The summed E-state index contributed by atoms with van der Waals surface area (Å²) in [5.41, 5.74) is 0.828. The second-order valence-electron chi connectivity index (χ2n) is 3.88. The molecule has 0 saturated heterocycles. The van der Waals surface area contributed by atoms with Gasteiger partial charge in [-0.1, -0.05) is 6.92 Å². The fraction of sp³-hybridized carbons (Fsp3) is 0.636. The van der Waals surface area contributed by atoms with E-state index in [-0.39, 0.29) is 12.0 Å². The first kappa shape index (κ1) is 12.7. The van der Waals surface area contributed by atoms with Crippen LogP contribution in [0.2, 0.25) is 0 Å². The highest BCUT2D eigenvalue weighted by Crippen LogP contribution is 2.14. The summed E-state index contributed by atoms with van der Waals surface area (Å²) in [6.07, 6.45) is 4.45. The predicted molar refractivity (Wildman–Crippen MR) is 60.9 cm³/mol. The number of ether oxygens (including phenoxy) is 1. The van der Waals surface area contributed by atoms with Crippen molar-refractivity contribution in [3.8, 4) is 0 Å². The van der Waals surface area contributed by atoms with Crippen LogP contribution in [0.3, 0.4) is 0 Å². The lowest BCUT2D eigenvalue weighted by molar-refractivity contribution is -0.143. The highest BCUT2D eigenvalue weighted by Gasteiger charge is 2.23. The van der Waals surface area contributed by atoms with Gasteiger partial charge < -0.3 is 4.74 Å². The number of aromatic nitrogens is 2. The summed E-state index contributed by atoms with van der Waals surface area (Å²) in [4.78, 5) is 11.7. The second kappa shape index (κ2) is 5.65. The van der Waals surface area contributed by atoms with Crippen molar-refractivity contribution in [3.63, 3.8) is 0 Å². The van der Waals surface area contributed by atoms with Crippen LogP contribution in [0.25, 0.3) is 0 Å². The van der Waals surface area contributed by atoms with Crippen LogP contribution in [-0.4, -0.2) is 28.9 Å². The van der Waals surface area contributed by atoms with Crippen molar-refractivity contribution >= 4 is 5.97 Å². The monoisotopic (exact) mass is 225 g/mol. The molecule has 1 rings (SSSR count). The molecule has 0 aliphatic heterocycles. The Morgan fingerprint density at radius 3 is 2.81 bits per heavy atom. The average Bonchev–Trinajstić information content (AvgIpc) is 2.71. The summed E-state index contributed by atoms with van der Waals surface area (Å²) >= 11 is 0. The normalized spacial score (nSPS) is 14.5. The van der Waals surface area contributed by atoms with Crippen molar-refractivity contribution < 1.29 is 9.53 Å². The van der Waals surface area contributed by atoms with Crippen LogP contribution < -0.4 is 5.32 Å². The molecule has 5 nitrogen and oxygen atoms in total. The fourth-order valence-electron chi connectivity index (χ4n) is 1.41. The lowest BCUT2D eigenvalue weighted by Crippen LogP contribution is -2.35. The number of methoxy groups -OCH3 is 1. The molecule has 2 atom stereocenters. The van der Waals surface area contributed by atoms with Gasteiger partial charge in [-0.2, -0.15) is 5.10 Å². The van der Waals surface area contributed by atoms with E-state index >= 15 is 0 Å². The molecule has 1 N–H and O–H groups in total. The molecular formula is C11H19N3O2. The Bertz CT molecular complexity index is 349. The number of carbonyl (C=O) groups excluding carboxylic acids is 1. The van der Waals surface area contributed by atoms with E-state index in [1.807, 2.05) is 20.2 Å². The van der Waals surface area contributed by atoms with Gasteiger partial charge in [0.2, 0.25) is 0 Å². The molecule has 0 amide bonds. The number of esters is 1. The first-order valence-electron chi connectivity index (χ1n) is 5.40. The molecule has 0 fully saturated rings. The fourth-order valence-corrected chi connectivity index (χ4v) is 1.41. The molecule has 5 heteroatoms. The summed E-state index contributed by atoms with van der Waals surface area (Å²) in [5.74, 6) is -0.284. The first-order chi connectivity index (χ1) is 7.58. The number of carbonyl (C=O) groups is 1. The molecule has 90 valence electrons. The van der Waals surface area contributed by atoms with Gasteiger partial charge in [-0.15, -0.1) is 0 Å². The smallest absolute Gasteiger partial charge is 0.327 e. The van der Waals surface area contributed by atoms with Crippen molar-refractivity contribution in [2.45, 2.75) is 32.4 Å². The lowest BCUT2D eigenvalue weighted by atomic mass is 10.1. The molecule has 1 aromatic rings. The maximum atomic E-state index is 11.7. The zero-order chi connectivity index (χ0) is 12.1. The third-order valence-corrected chi connectivity index (χ3v) is 2.56. The minimum absolute atomic E-state index is 0.254. The number of hydrogen-bond acceptors (Lipinski definition) is 4. The van der Waals surface area contributed by atoms with Crippen LogP contribution in [0.1, 0.15) is 31.9 Å². The summed E-state index contributed by atoms with van der Waals surface area (Å²) in [7, 11) is 3.21. The number of rotatable bonds is 5. The quantitative estimate of drug-likeness (QED) is 0.760. The van der Waals surface area contributed by atoms with Crippen LogP contribution in [-0.2, 0) is 16.6 Å². The van der Waals surface area contributed by atoms with E-state index in [1.165, 1.54) is 7.11 Å². The number of nitrogens with one attached hydrogen (secondary N) is 1. The molecule has 0 aliphatic rings. The lowest BCUT2D eigenvalue weighted by Gasteiger charge is -2.19. The van der Waals surface area contributed by atoms with Gasteiger partial charge in [0.05, 0.1) is 13.3 Å². The number of nitrogens with zero attached hydrogens (tertiary/aromatic N) is 2. The topological polar surface area (TPSA) is 56.1 Å². The van der Waals surface area contributed by atoms with Crippen molar-refractivity contribution in [3.05, 3.63) is 18.0 Å². The van der Waals surface area contributed by atoms with Crippen molar-refractivity contribution in [2.75, 3.05) is 7.11 Å². The van der Waals surface area contributed by atoms with Gasteiger partial charge in [-0.3, -0.25) is 10.00 Å². The van der Waals surface area contributed by atoms with Crippen LogP contribution in [0, 0.1) is 0 Å². The Morgan fingerprint density at radius 2 is 2.38 bits per heavy atom. The van der Waals surface area contributed by atoms with Crippen LogP contribution in [0.4, 0.5) is 0 Å². The van der Waals surface area contributed by atoms with Gasteiger partial charge in [0, 0.05) is 24.8 Å². The standard InChI is InChI=1S/C11H19N3O2/c1-5-8(2)13-10(11(15)16-4)9-6-12-14(3)7-9/h6-8,10,13H,5H2,1-4H3. The van der Waals surface area contributed by atoms with Crippen LogP contribution in [0.5, 0.6) is 0 Å². The Hall–Kier alpha value is -1.36. The molecule has 0 saturated carbocycles. The van der Waals surface area contributed by atoms with E-state index in [0.29, 0.717) is 0 Å². The van der Waals surface area contributed by atoms with Crippen LogP contribution >= 0.6 is 0 Å². The Kier molecular flexibility index (Phi) is 4.49. The summed E-state index contributed by atoms with van der Waals surface area (Å²) in [6.45, 7) is 4.10. The van der Waals surface area contributed by atoms with E-state index in [1.54, 1.807) is 10.9 Å². The average molecular weight is 225 g/mol. The Morgan fingerprint density at radius 1 is 1.69 bits per heavy atom. The predicted octanol–water partition coefficient (Wildman–Crippen LogP) is 1.02. The maximum Gasteiger partial charge on any atom is 0.327 e. The van der Waals surface area contributed by atoms with Crippen molar-refractivity contribution in [2.24, 2.45) is 7.05 Å². The van der Waals surface area contributed by atoms with Crippen molar-refractivity contribution in [1.82, 2.24) is 15.1 Å². The first-order valence-corrected chi connectivity index (χ1v) is 5.40. The third-order valence-electron chi connectivity index (χ3n) is 2.56. The van der Waals surface area contributed by atoms with E-state index in [2.05, 4.69) is 17.3 Å². The van der Waals surface area contributed by atoms with Gasteiger partial charge in [0.25, 0.3) is 0 Å². The van der Waals surface area contributed by atoms with Gasteiger partial charge in [0.15, 0.2) is 0 Å². The van der Waals surface area contributed by atoms with Gasteiger partial charge in [0.1, 0.15) is 6.04 Å². The number of aryl methyl sites for hydroxylation is 1. The summed E-state index contributed by atoms with van der Waals surface area (Å²) < 4.78 is 6.45. The number of hydrogen-bond donors (Lipinski definition) is 1. The summed E-state index contributed by atoms with van der Waals surface area (Å²) in [5, 5.41) is 7.28. The minimum atomic E-state index is -0.436. The Labute approximate surface area is 95.8 Å². The zero-order valence-corrected chi connectivity index (χ0v) is 10.2. The van der Waals surface area contributed by atoms with E-state index in [0.717, 1.165) is 12.0 Å². The van der Waals surface area contributed by atoms with Crippen molar-refractivity contribution in [1.29, 1.82) is 0 Å². The van der Waals surface area contributed by atoms with Gasteiger partial charge in [-0.25, -0.2) is 4.79 Å². The molecule has 0 radical (unpaired) electrons. The van der Waals surface area contributed by atoms with E-state index in [4.69, 9.17) is 4.74 Å². The molecular weight excluding hydrogens is 206 g/mol. The largest absolute Gasteiger partial charge is 0.468 e. The SMILES string of the molecule is CCC(C)NC(C(=O)OC)c1cnn(C)c1. The molecule has 0 spiro atoms. The Balaban J connectivity index is 2.83. The molecule has 1 aromatic heterocycles. The highest BCUT2D eigenvalue weighted by molar-refractivity contribution is 5.77. The van der Waals surface area contributed by atoms with Gasteiger partial charge >= 0.3 is 5.97 Å². The molecule has 0 aliphatic carbocycles. The highest BCUT2D eigenvalue weighted by atomic mass is 16.5. The zero-order valence-electron chi connectivity index (χ0n) is 10.2. The molecule has 16 heavy (non-hydrogen) atoms. The third kappa shape index (κ3) is 3.06. The second-order valence-corrected chi connectivity index (χ2v) is 3.88. The van der Waals surface area contributed by atoms with Crippen LogP contribution in [0.15, 0.2) is 12.4 Å². The molecule has 1 heterocycles. The molecule has 0 bridgehead atoms. The van der Waals surface area contributed by atoms with E-state index < -0.39 is 6.04 Å². The summed E-state index contributed by atoms with van der Waals surface area (Å²) in [6, 6.07) is -0.182. The minimum Gasteiger partial charge on any atom is -0.468 e. The molecule has 0 aromatic carbocycles. The van der Waals surface area contributed by atoms with Gasteiger partial charge in [-0.05, 0) is 13.3 Å². The van der Waals surface area contributed by atoms with E-state index in [9.17, 15) is 4.79 Å². The molecule has 2 unspecified atom stereocenters. The maximum absolute atomic E-state index is 11.7.